The number of hydrogen-bond acceptors (Lipinski definition) is 3. The van der Waals surface area contributed by atoms with Crippen molar-refractivity contribution in [1.29, 1.82) is 0 Å². The molecule has 0 bridgehead atoms. The van der Waals surface area contributed by atoms with Crippen LogP contribution in [0.4, 0.5) is 0 Å². The first kappa shape index (κ1) is 16.8. The van der Waals surface area contributed by atoms with E-state index >= 15 is 0 Å². The summed E-state index contributed by atoms with van der Waals surface area (Å²) in [6.45, 7) is 2.29. The highest BCUT2D eigenvalue weighted by atomic mass is 16.5. The summed E-state index contributed by atoms with van der Waals surface area (Å²) in [5.74, 6) is 0.0834. The number of methoxy groups -OCH3 is 1. The van der Waals surface area contributed by atoms with E-state index in [4.69, 9.17) is 15.7 Å². The van der Waals surface area contributed by atoms with E-state index < -0.39 is 0 Å². The number of phenols is 1. The molecule has 176 valence electrons. The number of nitrogens with one attached hydrogen (secondary N) is 1. The van der Waals surface area contributed by atoms with E-state index in [1.54, 1.807) is 12.1 Å². The lowest BCUT2D eigenvalue weighted by Gasteiger charge is -2.08. The number of allylic oxidation sites excluding steroid dienone is 8. The van der Waals surface area contributed by atoms with Crippen molar-refractivity contribution < 1.29 is 25.6 Å². The molecule has 1 aromatic rings. The molecule has 2 N–H and O–H groups in total. The van der Waals surface area contributed by atoms with E-state index in [0.29, 0.717) is 18.6 Å². The van der Waals surface area contributed by atoms with Crippen molar-refractivity contribution in [3.05, 3.63) is 72.2 Å². The van der Waals surface area contributed by atoms with Crippen molar-refractivity contribution in [2.75, 3.05) is 7.11 Å². The van der Waals surface area contributed by atoms with E-state index in [-0.39, 0.29) is 98.7 Å². The second kappa shape index (κ2) is 19.0. The zero-order chi connectivity index (χ0) is 30.2. The van der Waals surface area contributed by atoms with Crippen LogP contribution >= 0.6 is 0 Å². The number of unbranched alkanes of at least 4 members (excludes halogenated alkanes) is 2. The molecule has 0 aliphatic carbocycles. The van der Waals surface area contributed by atoms with Gasteiger partial charge in [-0.25, -0.2) is 0 Å². The Morgan fingerprint density at radius 3 is 2.16 bits per heavy atom. The lowest BCUT2D eigenvalue weighted by Crippen LogP contribution is -2.22. The maximum absolute atomic E-state index is 12.1. The van der Waals surface area contributed by atoms with Crippen LogP contribution in [0.3, 0.4) is 0 Å². The molecule has 4 nitrogen and oxygen atoms in total. The Hall–Kier alpha value is -2.75. The van der Waals surface area contributed by atoms with Gasteiger partial charge in [-0.2, -0.15) is 0 Å². The summed E-state index contributed by atoms with van der Waals surface area (Å²) in [6.07, 6.45) is 3.14. The Labute approximate surface area is 206 Å². The Kier molecular flexibility index (Phi) is 9.98. The average molecular weight is 456 g/mol. The lowest BCUT2D eigenvalue weighted by molar-refractivity contribution is -0.121. The zero-order valence-corrected chi connectivity index (χ0v) is 19.3. The van der Waals surface area contributed by atoms with Crippen molar-refractivity contribution in [3.8, 4) is 11.5 Å². The van der Waals surface area contributed by atoms with Crippen molar-refractivity contribution in [3.63, 3.8) is 0 Å². The summed E-state index contributed by atoms with van der Waals surface area (Å²) in [5.41, 5.74) is 0.752. The predicted molar refractivity (Wildman–Crippen MR) is 135 cm³/mol. The molecule has 0 aliphatic heterocycles. The Balaban J connectivity index is 2.60. The third kappa shape index (κ3) is 14.3. The molecule has 0 aliphatic rings. The molecule has 0 heterocycles. The van der Waals surface area contributed by atoms with Crippen molar-refractivity contribution in [1.82, 2.24) is 5.32 Å². The topological polar surface area (TPSA) is 58.6 Å². The normalized spacial score (nSPS) is 17.9. The van der Waals surface area contributed by atoms with E-state index in [1.165, 1.54) is 13.2 Å². The second-order valence-corrected chi connectivity index (χ2v) is 7.04. The number of carbonyl (C=O) groups excluding carboxylic acids is 1. The van der Waals surface area contributed by atoms with Gasteiger partial charge in [-0.15, -0.1) is 0 Å². The number of ether oxygens (including phenoxy) is 1. The molecule has 0 saturated heterocycles. The molecular formula is C28H41NO3. The van der Waals surface area contributed by atoms with Crippen LogP contribution in [0.1, 0.15) is 87.7 Å². The fourth-order valence-electron chi connectivity index (χ4n) is 2.61. The monoisotopic (exact) mass is 455 g/mol. The SMILES string of the molecule is [3H]/C(CCCCC)=C(\[3H])C/C([3H])=C(/[3H])C/C([3H])=C(/[3H])C/C([3H])=C(/[3H])CCCC(=O)NCc1ccc(O)c(OC)c1. The van der Waals surface area contributed by atoms with Crippen LogP contribution in [0.25, 0.3) is 0 Å². The van der Waals surface area contributed by atoms with Gasteiger partial charge in [-0.1, -0.05) is 74.2 Å². The van der Waals surface area contributed by atoms with Gasteiger partial charge >= 0.3 is 0 Å². The van der Waals surface area contributed by atoms with Gasteiger partial charge in [0, 0.05) is 13.0 Å². The fourth-order valence-corrected chi connectivity index (χ4v) is 2.61. The minimum atomic E-state index is -0.290. The van der Waals surface area contributed by atoms with Crippen LogP contribution in [0.15, 0.2) is 66.6 Å². The van der Waals surface area contributed by atoms with Gasteiger partial charge in [0.25, 0.3) is 0 Å². The van der Waals surface area contributed by atoms with Gasteiger partial charge in [0.2, 0.25) is 5.91 Å². The molecule has 1 rings (SSSR count). The van der Waals surface area contributed by atoms with Crippen LogP contribution in [-0.2, 0) is 11.3 Å². The van der Waals surface area contributed by atoms with Crippen LogP contribution in [-0.4, -0.2) is 18.1 Å². The summed E-state index contributed by atoms with van der Waals surface area (Å²) >= 11 is 0. The lowest BCUT2D eigenvalue weighted by atomic mass is 10.2. The minimum absolute atomic E-state index is 0.00605. The highest BCUT2D eigenvalue weighted by molar-refractivity contribution is 5.75. The van der Waals surface area contributed by atoms with Crippen molar-refractivity contribution in [2.24, 2.45) is 0 Å². The number of aromatic hydroxyl groups is 1. The fraction of sp³-hybridized carbons (Fsp3) is 0.464. The quantitative estimate of drug-likeness (QED) is 0.193. The number of carbonyl (C=O) groups is 1. The van der Waals surface area contributed by atoms with E-state index in [0.717, 1.165) is 24.8 Å². The van der Waals surface area contributed by atoms with Gasteiger partial charge in [0.1, 0.15) is 0 Å². The Bertz CT molecular complexity index is 1130. The number of benzene rings is 1. The summed E-state index contributed by atoms with van der Waals surface area (Å²) in [4.78, 5) is 12.1. The van der Waals surface area contributed by atoms with Crippen LogP contribution in [0.2, 0.25) is 0 Å². The van der Waals surface area contributed by atoms with E-state index in [1.807, 2.05) is 6.92 Å². The average Bonchev–Trinajstić information content (AvgIpc) is 2.92. The predicted octanol–water partition coefficient (Wildman–Crippen LogP) is 7.16. The number of phenolic OH excluding ortho intramolecular Hbond substituents is 1. The first-order valence-corrected chi connectivity index (χ1v) is 11.1. The molecule has 0 aromatic heterocycles. The molecule has 0 fully saturated rings. The number of rotatable bonds is 17. The molecule has 0 spiro atoms. The first-order valence-electron chi connectivity index (χ1n) is 15.1. The van der Waals surface area contributed by atoms with Crippen molar-refractivity contribution >= 4 is 5.91 Å². The summed E-state index contributed by atoms with van der Waals surface area (Å²) in [5, 5.41) is 12.4. The molecule has 0 unspecified atom stereocenters. The van der Waals surface area contributed by atoms with Gasteiger partial charge < -0.3 is 15.2 Å². The third-order valence-electron chi connectivity index (χ3n) is 4.38. The number of hydrogen-bond donors (Lipinski definition) is 2. The molecule has 0 radical (unpaired) electrons. The third-order valence-corrected chi connectivity index (χ3v) is 4.38. The highest BCUT2D eigenvalue weighted by Crippen LogP contribution is 2.26. The Morgan fingerprint density at radius 1 is 0.969 bits per heavy atom. The molecule has 0 atom stereocenters. The standard InChI is InChI=1S/C28H41NO3/c1-3-4-5-6-7-8-9-10-11-12-13-14-15-16-17-18-19-20-28(31)29-24-25-21-22-26(30)27(23-25)32-2/h7-8,10-11,13-14,16-17,21-23,30H,3-6,9,12,15,18-20,24H2,1-2H3,(H,29,31)/b8-7-,11-10-,14-13-,17-16-/i7T,8T,10T,11T,13T,14T,16T,17T. The molecule has 1 aromatic carbocycles. The molecular weight excluding hydrogens is 398 g/mol. The van der Waals surface area contributed by atoms with Gasteiger partial charge in [-0.3, -0.25) is 4.79 Å². The molecule has 0 saturated carbocycles. The number of amides is 1. The molecule has 32 heavy (non-hydrogen) atoms. The van der Waals surface area contributed by atoms with Gasteiger partial charge in [-0.05, 0) is 62.6 Å². The van der Waals surface area contributed by atoms with Gasteiger partial charge in [0.15, 0.2) is 11.5 Å². The van der Waals surface area contributed by atoms with Crippen LogP contribution < -0.4 is 10.1 Å². The maximum Gasteiger partial charge on any atom is 0.220 e. The summed E-state index contributed by atoms with van der Waals surface area (Å²) < 4.78 is 69.4. The minimum Gasteiger partial charge on any atom is -0.504 e. The zero-order valence-electron chi connectivity index (χ0n) is 27.3. The smallest absolute Gasteiger partial charge is 0.220 e. The van der Waals surface area contributed by atoms with E-state index in [9.17, 15) is 9.90 Å². The summed E-state index contributed by atoms with van der Waals surface area (Å²) in [7, 11) is 1.44. The summed E-state index contributed by atoms with van der Waals surface area (Å²) in [6, 6.07) is 3.88. The largest absolute Gasteiger partial charge is 0.504 e. The highest BCUT2D eigenvalue weighted by Gasteiger charge is 2.04. The van der Waals surface area contributed by atoms with Crippen LogP contribution in [0.5, 0.6) is 11.5 Å². The van der Waals surface area contributed by atoms with Crippen molar-refractivity contribution in [2.45, 2.75) is 77.7 Å². The van der Waals surface area contributed by atoms with Crippen LogP contribution in [0, 0.1) is 0 Å². The second-order valence-electron chi connectivity index (χ2n) is 7.04. The first-order chi connectivity index (χ1) is 18.9. The molecule has 4 heteroatoms. The molecule has 1 amide bonds. The van der Waals surface area contributed by atoms with E-state index in [2.05, 4.69) is 5.32 Å². The Morgan fingerprint density at radius 2 is 1.56 bits per heavy atom. The van der Waals surface area contributed by atoms with Gasteiger partial charge in [0.05, 0.1) is 18.1 Å². The maximum atomic E-state index is 12.1.